The Hall–Kier alpha value is -6.27. The van der Waals surface area contributed by atoms with E-state index in [9.17, 15) is 0 Å². The van der Waals surface area contributed by atoms with Gasteiger partial charge < -0.3 is 4.57 Å². The fourth-order valence-electron chi connectivity index (χ4n) is 6.21. The highest BCUT2D eigenvalue weighted by Gasteiger charge is 2.13. The van der Waals surface area contributed by atoms with Crippen LogP contribution in [0.25, 0.3) is 83.1 Å². The minimum atomic E-state index is 0.820. The van der Waals surface area contributed by atoms with Crippen molar-refractivity contribution in [3.8, 4) is 39.3 Å². The molecular formula is C39H24N6. The Morgan fingerprint density at radius 1 is 0.400 bits per heavy atom. The van der Waals surface area contributed by atoms with Crippen molar-refractivity contribution >= 4 is 43.7 Å². The maximum absolute atomic E-state index is 4.79. The number of aromatic nitrogens is 6. The first-order valence-electron chi connectivity index (χ1n) is 14.8. The van der Waals surface area contributed by atoms with Crippen molar-refractivity contribution < 1.29 is 0 Å². The van der Waals surface area contributed by atoms with Gasteiger partial charge >= 0.3 is 0 Å². The van der Waals surface area contributed by atoms with Crippen LogP contribution >= 0.6 is 0 Å². The van der Waals surface area contributed by atoms with Gasteiger partial charge in [-0.15, -0.1) is 0 Å². The van der Waals surface area contributed by atoms with Crippen molar-refractivity contribution in [2.75, 3.05) is 0 Å². The molecule has 0 N–H and O–H groups in total. The standard InChI is InChI=1S/C39H24N6/c1-2-10-35-32(9-1)39-36(11-5-19-41-39)45(35)31-8-3-6-26(21-31)28-14-16-33(42-22-28)34-17-15-29(23-43-34)30-20-27-13-12-25-7-4-18-40-37(25)38(27)44-24-30/h1-24H. The molecule has 0 bridgehead atoms. The van der Waals surface area contributed by atoms with Crippen LogP contribution in [-0.4, -0.2) is 29.5 Å². The van der Waals surface area contributed by atoms with E-state index in [0.717, 1.165) is 83.1 Å². The van der Waals surface area contributed by atoms with E-state index >= 15 is 0 Å². The Morgan fingerprint density at radius 2 is 1.09 bits per heavy atom. The van der Waals surface area contributed by atoms with Gasteiger partial charge in [-0.25, -0.2) is 0 Å². The van der Waals surface area contributed by atoms with E-state index in [1.165, 1.54) is 0 Å². The molecule has 6 aromatic heterocycles. The number of fused-ring (bicyclic) bond motifs is 6. The molecule has 45 heavy (non-hydrogen) atoms. The normalized spacial score (nSPS) is 11.6. The number of nitrogens with zero attached hydrogens (tertiary/aromatic N) is 6. The summed E-state index contributed by atoms with van der Waals surface area (Å²) in [7, 11) is 0. The van der Waals surface area contributed by atoms with Crippen LogP contribution in [0.3, 0.4) is 0 Å². The maximum Gasteiger partial charge on any atom is 0.0964 e. The van der Waals surface area contributed by atoms with E-state index in [1.807, 2.05) is 55.2 Å². The van der Waals surface area contributed by atoms with E-state index in [1.54, 1.807) is 0 Å². The molecule has 9 rings (SSSR count). The molecule has 6 nitrogen and oxygen atoms in total. The summed E-state index contributed by atoms with van der Waals surface area (Å²) in [6.45, 7) is 0. The molecule has 0 saturated carbocycles. The molecule has 210 valence electrons. The zero-order chi connectivity index (χ0) is 29.7. The van der Waals surface area contributed by atoms with Gasteiger partial charge in [0.25, 0.3) is 0 Å². The summed E-state index contributed by atoms with van der Waals surface area (Å²) in [5, 5.41) is 3.29. The van der Waals surface area contributed by atoms with Gasteiger partial charge in [0.2, 0.25) is 0 Å². The summed E-state index contributed by atoms with van der Waals surface area (Å²) in [5.74, 6) is 0. The zero-order valence-corrected chi connectivity index (χ0v) is 24.0. The summed E-state index contributed by atoms with van der Waals surface area (Å²) in [4.78, 5) is 23.5. The van der Waals surface area contributed by atoms with Gasteiger partial charge in [-0.3, -0.25) is 24.9 Å². The number of para-hydroxylation sites is 1. The molecule has 0 saturated heterocycles. The average Bonchev–Trinajstić information content (AvgIpc) is 3.46. The van der Waals surface area contributed by atoms with Crippen molar-refractivity contribution in [1.29, 1.82) is 0 Å². The second-order valence-corrected chi connectivity index (χ2v) is 11.1. The fraction of sp³-hybridized carbons (Fsp3) is 0. The molecule has 0 aliphatic carbocycles. The molecule has 0 fully saturated rings. The van der Waals surface area contributed by atoms with Crippen LogP contribution in [0.1, 0.15) is 0 Å². The first-order valence-corrected chi connectivity index (χ1v) is 14.8. The Bertz CT molecular complexity index is 2480. The monoisotopic (exact) mass is 576 g/mol. The van der Waals surface area contributed by atoms with Crippen LogP contribution in [0.2, 0.25) is 0 Å². The van der Waals surface area contributed by atoms with Crippen LogP contribution in [-0.2, 0) is 0 Å². The summed E-state index contributed by atoms with van der Waals surface area (Å²) in [6, 6.07) is 39.6. The Kier molecular flexibility index (Phi) is 5.71. The highest BCUT2D eigenvalue weighted by atomic mass is 15.0. The highest BCUT2D eigenvalue weighted by molar-refractivity contribution is 6.07. The largest absolute Gasteiger partial charge is 0.308 e. The van der Waals surface area contributed by atoms with Crippen molar-refractivity contribution in [3.63, 3.8) is 0 Å². The smallest absolute Gasteiger partial charge is 0.0964 e. The molecule has 0 aliphatic heterocycles. The van der Waals surface area contributed by atoms with Crippen molar-refractivity contribution in [2.45, 2.75) is 0 Å². The third kappa shape index (κ3) is 4.23. The summed E-state index contributed by atoms with van der Waals surface area (Å²) in [5.41, 5.74) is 11.9. The third-order valence-corrected chi connectivity index (χ3v) is 8.41. The van der Waals surface area contributed by atoms with Crippen LogP contribution in [0.5, 0.6) is 0 Å². The van der Waals surface area contributed by atoms with Crippen LogP contribution in [0.4, 0.5) is 0 Å². The lowest BCUT2D eigenvalue weighted by Gasteiger charge is -2.10. The predicted molar refractivity (Wildman–Crippen MR) is 181 cm³/mol. The molecule has 0 spiro atoms. The first kappa shape index (κ1) is 25.2. The van der Waals surface area contributed by atoms with Gasteiger partial charge in [0, 0.05) is 69.5 Å². The summed E-state index contributed by atoms with van der Waals surface area (Å²) < 4.78 is 2.28. The summed E-state index contributed by atoms with van der Waals surface area (Å²) in [6.07, 6.45) is 9.36. The molecule has 0 aliphatic rings. The van der Waals surface area contributed by atoms with Crippen molar-refractivity contribution in [2.24, 2.45) is 0 Å². The lowest BCUT2D eigenvalue weighted by atomic mass is 10.0. The molecular weight excluding hydrogens is 552 g/mol. The van der Waals surface area contributed by atoms with E-state index in [0.29, 0.717) is 0 Å². The lowest BCUT2D eigenvalue weighted by Crippen LogP contribution is -1.94. The van der Waals surface area contributed by atoms with E-state index in [-0.39, 0.29) is 0 Å². The van der Waals surface area contributed by atoms with Gasteiger partial charge in [-0.2, -0.15) is 0 Å². The Morgan fingerprint density at radius 3 is 1.91 bits per heavy atom. The topological polar surface area (TPSA) is 69.4 Å². The minimum Gasteiger partial charge on any atom is -0.308 e. The fourth-order valence-corrected chi connectivity index (χ4v) is 6.21. The van der Waals surface area contributed by atoms with Crippen molar-refractivity contribution in [1.82, 2.24) is 29.5 Å². The SMILES string of the molecule is c1cc(-c2ccc(-c3ccc(-c4cnc5c(ccc6cccnc65)c4)cn3)nc2)cc(-n2c3ccccc3c3ncccc32)c1. The Balaban J connectivity index is 1.01. The van der Waals surface area contributed by atoms with Gasteiger partial charge in [-0.05, 0) is 60.2 Å². The van der Waals surface area contributed by atoms with Crippen molar-refractivity contribution in [3.05, 3.63) is 146 Å². The second-order valence-electron chi connectivity index (χ2n) is 11.1. The molecule has 0 amide bonds. The minimum absolute atomic E-state index is 0.820. The zero-order valence-electron chi connectivity index (χ0n) is 24.0. The average molecular weight is 577 g/mol. The quantitative estimate of drug-likeness (QED) is 0.196. The van der Waals surface area contributed by atoms with Gasteiger partial charge in [0.05, 0.1) is 39.0 Å². The number of benzene rings is 3. The molecule has 0 radical (unpaired) electrons. The second kappa shape index (κ2) is 10.2. The number of hydrogen-bond acceptors (Lipinski definition) is 5. The highest BCUT2D eigenvalue weighted by Crippen LogP contribution is 2.33. The molecule has 6 heteroatoms. The van der Waals surface area contributed by atoms with E-state index < -0.39 is 0 Å². The molecule has 6 heterocycles. The number of pyridine rings is 5. The Labute approximate surface area is 258 Å². The van der Waals surface area contributed by atoms with Gasteiger partial charge in [0.1, 0.15) is 0 Å². The van der Waals surface area contributed by atoms with E-state index in [2.05, 4.69) is 106 Å². The molecule has 0 atom stereocenters. The van der Waals surface area contributed by atoms with Crippen LogP contribution in [0, 0.1) is 0 Å². The van der Waals surface area contributed by atoms with Gasteiger partial charge in [0.15, 0.2) is 0 Å². The summed E-state index contributed by atoms with van der Waals surface area (Å²) >= 11 is 0. The molecule has 3 aromatic carbocycles. The maximum atomic E-state index is 4.79. The third-order valence-electron chi connectivity index (χ3n) is 8.41. The molecule has 9 aromatic rings. The lowest BCUT2D eigenvalue weighted by molar-refractivity contribution is 1.17. The first-order chi connectivity index (χ1) is 22.3. The molecule has 0 unspecified atom stereocenters. The predicted octanol–water partition coefficient (Wildman–Crippen LogP) is 9.07. The van der Waals surface area contributed by atoms with Crippen LogP contribution in [0.15, 0.2) is 146 Å². The number of rotatable bonds is 4. The van der Waals surface area contributed by atoms with Gasteiger partial charge in [-0.1, -0.05) is 60.7 Å². The van der Waals surface area contributed by atoms with E-state index in [4.69, 9.17) is 15.0 Å². The number of hydrogen-bond donors (Lipinski definition) is 0. The van der Waals surface area contributed by atoms with Crippen LogP contribution < -0.4 is 0 Å².